The average molecular weight is 337 g/mol. The van der Waals surface area contributed by atoms with Crippen LogP contribution in [0.5, 0.6) is 0 Å². The molecule has 1 aliphatic heterocycles. The van der Waals surface area contributed by atoms with E-state index in [1.165, 1.54) is 18.1 Å². The Bertz CT molecular complexity index is 627. The Hall–Kier alpha value is -2.31. The van der Waals surface area contributed by atoms with Gasteiger partial charge in [-0.2, -0.15) is 0 Å². The van der Waals surface area contributed by atoms with E-state index in [1.54, 1.807) is 20.8 Å². The van der Waals surface area contributed by atoms with E-state index in [0.717, 1.165) is 0 Å². The summed E-state index contributed by atoms with van der Waals surface area (Å²) in [6.45, 7) is 5.70. The monoisotopic (exact) mass is 337 g/mol. The first-order valence-electron chi connectivity index (χ1n) is 7.78. The second-order valence-electron chi connectivity index (χ2n) is 7.09. The minimum absolute atomic E-state index is 0.000137. The maximum atomic E-state index is 12.5. The van der Waals surface area contributed by atoms with Gasteiger partial charge in [0, 0.05) is 25.1 Å². The van der Waals surface area contributed by atoms with Gasteiger partial charge in [-0.1, -0.05) is 0 Å². The first kappa shape index (κ1) is 18.0. The van der Waals surface area contributed by atoms with E-state index < -0.39 is 23.1 Å². The number of aliphatic hydroxyl groups is 1. The molecule has 1 amide bonds. The lowest BCUT2D eigenvalue weighted by atomic mass is 9.67. The number of piperidine rings is 1. The molecule has 1 fully saturated rings. The molecule has 24 heavy (non-hydrogen) atoms. The summed E-state index contributed by atoms with van der Waals surface area (Å²) in [5, 5.41) is 9.28. The van der Waals surface area contributed by atoms with Crippen LogP contribution in [0.3, 0.4) is 0 Å². The molecule has 1 unspecified atom stereocenters. The van der Waals surface area contributed by atoms with Gasteiger partial charge in [0.25, 0.3) is 0 Å². The van der Waals surface area contributed by atoms with E-state index in [4.69, 9.17) is 9.47 Å². The van der Waals surface area contributed by atoms with Crippen LogP contribution in [0.4, 0.5) is 4.79 Å². The number of likely N-dealkylation sites (tertiary alicyclic amines) is 1. The molecule has 0 spiro atoms. The van der Waals surface area contributed by atoms with Gasteiger partial charge in [0.2, 0.25) is 0 Å². The molecule has 2 aliphatic rings. The molecule has 132 valence electrons. The smallest absolute Gasteiger partial charge is 0.410 e. The fourth-order valence-corrected chi connectivity index (χ4v) is 3.10. The maximum absolute atomic E-state index is 12.5. The third-order valence-electron chi connectivity index (χ3n) is 4.22. The Kier molecular flexibility index (Phi) is 4.73. The van der Waals surface area contributed by atoms with E-state index in [9.17, 15) is 19.5 Å². The number of ether oxygens (including phenoxy) is 2. The van der Waals surface area contributed by atoms with Gasteiger partial charge < -0.3 is 19.5 Å². The van der Waals surface area contributed by atoms with Gasteiger partial charge in [-0.3, -0.25) is 9.59 Å². The number of ketones is 1. The molecule has 1 N–H and O–H groups in total. The third-order valence-corrected chi connectivity index (χ3v) is 4.22. The lowest BCUT2D eigenvalue weighted by Gasteiger charge is -2.44. The van der Waals surface area contributed by atoms with Crippen molar-refractivity contribution in [2.24, 2.45) is 5.41 Å². The number of carbonyl (C=O) groups is 3. The molecule has 7 nitrogen and oxygen atoms in total. The second kappa shape index (κ2) is 6.30. The van der Waals surface area contributed by atoms with Crippen molar-refractivity contribution in [2.45, 2.75) is 39.2 Å². The standard InChI is InChI=1S/C17H23NO6/c1-16(2,3)24-15(22)18-6-5-12-7-13(20)11(9-19)8-17(12,10-18)14(21)23-4/h7,9,19H,5-6,8,10H2,1-4H3/b11-9+. The lowest BCUT2D eigenvalue weighted by molar-refractivity contribution is -0.152. The van der Waals surface area contributed by atoms with Crippen molar-refractivity contribution < 1.29 is 29.0 Å². The van der Waals surface area contributed by atoms with E-state index >= 15 is 0 Å². The van der Waals surface area contributed by atoms with Gasteiger partial charge in [-0.05, 0) is 38.8 Å². The van der Waals surface area contributed by atoms with Crippen LogP contribution in [-0.2, 0) is 19.1 Å². The van der Waals surface area contributed by atoms with E-state index in [-0.39, 0.29) is 24.3 Å². The highest BCUT2D eigenvalue weighted by Gasteiger charge is 2.51. The highest BCUT2D eigenvalue weighted by atomic mass is 16.6. The molecule has 0 aromatic carbocycles. The van der Waals surface area contributed by atoms with Crippen molar-refractivity contribution in [3.8, 4) is 0 Å². The normalized spacial score (nSPS) is 25.8. The maximum Gasteiger partial charge on any atom is 0.410 e. The molecular formula is C17H23NO6. The molecule has 0 aromatic rings. The summed E-state index contributed by atoms with van der Waals surface area (Å²) in [5.41, 5.74) is -1.06. The van der Waals surface area contributed by atoms with Crippen molar-refractivity contribution >= 4 is 17.8 Å². The van der Waals surface area contributed by atoms with Crippen LogP contribution < -0.4 is 0 Å². The fourth-order valence-electron chi connectivity index (χ4n) is 3.10. The number of hydrogen-bond acceptors (Lipinski definition) is 6. The van der Waals surface area contributed by atoms with Gasteiger partial charge in [-0.25, -0.2) is 4.79 Å². The number of esters is 1. The number of aliphatic hydroxyl groups excluding tert-OH is 1. The first-order valence-corrected chi connectivity index (χ1v) is 7.78. The van der Waals surface area contributed by atoms with Crippen LogP contribution in [0.2, 0.25) is 0 Å². The Morgan fingerprint density at radius 1 is 1.38 bits per heavy atom. The van der Waals surface area contributed by atoms with Gasteiger partial charge in [0.05, 0.1) is 13.4 Å². The summed E-state index contributed by atoms with van der Waals surface area (Å²) in [7, 11) is 1.26. The second-order valence-corrected chi connectivity index (χ2v) is 7.09. The minimum Gasteiger partial charge on any atom is -0.515 e. The number of allylic oxidation sites excluding steroid dienone is 2. The fraction of sp³-hybridized carbons (Fsp3) is 0.588. The van der Waals surface area contributed by atoms with Crippen molar-refractivity contribution in [1.82, 2.24) is 4.90 Å². The van der Waals surface area contributed by atoms with E-state index in [2.05, 4.69) is 0 Å². The summed E-state index contributed by atoms with van der Waals surface area (Å²) in [4.78, 5) is 38.3. The first-order chi connectivity index (χ1) is 11.1. The minimum atomic E-state index is -1.16. The van der Waals surface area contributed by atoms with Gasteiger partial charge in [-0.15, -0.1) is 0 Å². The molecule has 0 bridgehead atoms. The summed E-state index contributed by atoms with van der Waals surface area (Å²) in [6.07, 6.45) is 1.94. The van der Waals surface area contributed by atoms with Crippen LogP contribution in [0.15, 0.2) is 23.5 Å². The summed E-state index contributed by atoms with van der Waals surface area (Å²) in [6, 6.07) is 0. The molecule has 2 rings (SSSR count). The van der Waals surface area contributed by atoms with Crippen LogP contribution >= 0.6 is 0 Å². The highest BCUT2D eigenvalue weighted by molar-refractivity contribution is 6.07. The molecule has 0 saturated carbocycles. The number of methoxy groups -OCH3 is 1. The van der Waals surface area contributed by atoms with Crippen molar-refractivity contribution in [1.29, 1.82) is 0 Å². The van der Waals surface area contributed by atoms with Crippen LogP contribution in [-0.4, -0.2) is 53.7 Å². The molecule has 1 aliphatic carbocycles. The zero-order chi connectivity index (χ0) is 18.1. The lowest BCUT2D eigenvalue weighted by Crippen LogP contribution is -2.54. The third kappa shape index (κ3) is 3.29. The topological polar surface area (TPSA) is 93.1 Å². The van der Waals surface area contributed by atoms with Crippen LogP contribution in [0.25, 0.3) is 0 Å². The SMILES string of the molecule is COC(=O)C12C/C(=C\O)C(=O)C=C1CCN(C(=O)OC(C)(C)C)C2. The molecule has 1 atom stereocenters. The zero-order valence-corrected chi connectivity index (χ0v) is 14.4. The summed E-state index contributed by atoms with van der Waals surface area (Å²) >= 11 is 0. The van der Waals surface area contributed by atoms with Gasteiger partial charge in [0.1, 0.15) is 11.0 Å². The molecule has 0 aromatic heterocycles. The van der Waals surface area contributed by atoms with E-state index in [1.807, 2.05) is 0 Å². The number of fused-ring (bicyclic) bond motifs is 1. The average Bonchev–Trinajstić information content (AvgIpc) is 2.51. The molecule has 1 heterocycles. The Balaban J connectivity index is 2.36. The molecule has 0 radical (unpaired) electrons. The number of hydrogen-bond donors (Lipinski definition) is 1. The number of nitrogens with zero attached hydrogens (tertiary/aromatic N) is 1. The van der Waals surface area contributed by atoms with Gasteiger partial charge in [0.15, 0.2) is 5.78 Å². The van der Waals surface area contributed by atoms with Crippen LogP contribution in [0, 0.1) is 5.41 Å². The van der Waals surface area contributed by atoms with Gasteiger partial charge >= 0.3 is 12.1 Å². The Labute approximate surface area is 140 Å². The van der Waals surface area contributed by atoms with Crippen molar-refractivity contribution in [3.05, 3.63) is 23.5 Å². The Morgan fingerprint density at radius 2 is 2.04 bits per heavy atom. The summed E-state index contributed by atoms with van der Waals surface area (Å²) < 4.78 is 10.3. The number of rotatable bonds is 1. The predicted octanol–water partition coefficient (Wildman–Crippen LogP) is 2.13. The van der Waals surface area contributed by atoms with Crippen LogP contribution in [0.1, 0.15) is 33.6 Å². The molecule has 7 heteroatoms. The summed E-state index contributed by atoms with van der Waals surface area (Å²) in [5.74, 6) is -0.855. The predicted molar refractivity (Wildman–Crippen MR) is 85.3 cm³/mol. The zero-order valence-electron chi connectivity index (χ0n) is 14.4. The van der Waals surface area contributed by atoms with Crippen molar-refractivity contribution in [3.63, 3.8) is 0 Å². The Morgan fingerprint density at radius 3 is 2.58 bits per heavy atom. The molecular weight excluding hydrogens is 314 g/mol. The number of amides is 1. The van der Waals surface area contributed by atoms with E-state index in [0.29, 0.717) is 24.8 Å². The quantitative estimate of drug-likeness (QED) is 0.447. The highest BCUT2D eigenvalue weighted by Crippen LogP contribution is 2.45. The van der Waals surface area contributed by atoms with Crippen molar-refractivity contribution in [2.75, 3.05) is 20.2 Å². The number of carbonyl (C=O) groups excluding carboxylic acids is 3. The molecule has 1 saturated heterocycles. The largest absolute Gasteiger partial charge is 0.515 e.